The summed E-state index contributed by atoms with van der Waals surface area (Å²) in [5.41, 5.74) is 0.423. The maximum atomic E-state index is 12.1. The summed E-state index contributed by atoms with van der Waals surface area (Å²) in [5, 5.41) is 5.37. The van der Waals surface area contributed by atoms with Crippen LogP contribution in [0.2, 0.25) is 0 Å². The predicted octanol–water partition coefficient (Wildman–Crippen LogP) is -0.930. The van der Waals surface area contributed by atoms with Crippen molar-refractivity contribution in [3.63, 3.8) is 0 Å². The molecular weight excluding hydrogens is 318 g/mol. The van der Waals surface area contributed by atoms with Gasteiger partial charge in [0.2, 0.25) is 0 Å². The molecule has 0 saturated heterocycles. The molecule has 0 bridgehead atoms. The van der Waals surface area contributed by atoms with Gasteiger partial charge in [-0.25, -0.2) is 8.42 Å². The Labute approximate surface area is 137 Å². The number of nitrogens with one attached hydrogen (secondary N) is 3. The van der Waals surface area contributed by atoms with Gasteiger partial charge in [-0.1, -0.05) is 6.07 Å². The van der Waals surface area contributed by atoms with Crippen LogP contribution in [0, 0.1) is 0 Å². The van der Waals surface area contributed by atoms with Crippen molar-refractivity contribution in [2.24, 2.45) is 0 Å². The van der Waals surface area contributed by atoms with Crippen molar-refractivity contribution in [3.05, 3.63) is 24.3 Å². The van der Waals surface area contributed by atoms with Crippen LogP contribution in [-0.4, -0.2) is 52.7 Å². The van der Waals surface area contributed by atoms with Crippen LogP contribution in [0.15, 0.2) is 29.2 Å². The summed E-state index contributed by atoms with van der Waals surface area (Å²) in [5.74, 6) is -0.368. The third kappa shape index (κ3) is 6.79. The summed E-state index contributed by atoms with van der Waals surface area (Å²) in [6.45, 7) is 5.28. The fourth-order valence-corrected chi connectivity index (χ4v) is 2.70. The van der Waals surface area contributed by atoms with E-state index in [0.29, 0.717) is 18.8 Å². The molecule has 128 valence electrons. The molecule has 7 nitrogen and oxygen atoms in total. The highest BCUT2D eigenvalue weighted by Crippen LogP contribution is 2.14. The molecule has 1 rings (SSSR count). The maximum Gasteiger partial charge on any atom is 0.279 e. The molecular formula is C15H24N3O4S+. The van der Waals surface area contributed by atoms with E-state index in [4.69, 9.17) is 0 Å². The topological polar surface area (TPSA) is 96.8 Å². The van der Waals surface area contributed by atoms with Gasteiger partial charge in [0.25, 0.3) is 11.8 Å². The van der Waals surface area contributed by atoms with Crippen LogP contribution in [-0.2, 0) is 19.4 Å². The number of sulfone groups is 1. The third-order valence-electron chi connectivity index (χ3n) is 3.24. The minimum Gasteiger partial charge on any atom is -0.351 e. The molecule has 0 aliphatic heterocycles. The standard InChI is InChI=1S/C15H23N3O4S/c1-4-16-14(19)10-18(5-2)11-15(20)17-12-7-6-8-13(9-12)23(3,21)22/h6-9H,4-5,10-11H2,1-3H3,(H,16,19)(H,17,20)/p+1. The zero-order valence-corrected chi connectivity index (χ0v) is 14.5. The van der Waals surface area contributed by atoms with Gasteiger partial charge in [0, 0.05) is 18.5 Å². The summed E-state index contributed by atoms with van der Waals surface area (Å²) >= 11 is 0. The molecule has 0 radical (unpaired) electrons. The van der Waals surface area contributed by atoms with E-state index in [2.05, 4.69) is 10.6 Å². The molecule has 8 heteroatoms. The Morgan fingerprint density at radius 3 is 2.35 bits per heavy atom. The zero-order valence-electron chi connectivity index (χ0n) is 13.7. The summed E-state index contributed by atoms with van der Waals surface area (Å²) < 4.78 is 23.0. The molecule has 3 N–H and O–H groups in total. The zero-order chi connectivity index (χ0) is 17.5. The first-order valence-corrected chi connectivity index (χ1v) is 9.35. The Morgan fingerprint density at radius 2 is 1.78 bits per heavy atom. The third-order valence-corrected chi connectivity index (χ3v) is 4.35. The van der Waals surface area contributed by atoms with Crippen molar-refractivity contribution in [2.45, 2.75) is 18.7 Å². The van der Waals surface area contributed by atoms with Gasteiger partial charge in [-0.15, -0.1) is 0 Å². The van der Waals surface area contributed by atoms with Gasteiger partial charge in [-0.3, -0.25) is 9.59 Å². The lowest BCUT2D eigenvalue weighted by Crippen LogP contribution is -3.14. The van der Waals surface area contributed by atoms with Gasteiger partial charge >= 0.3 is 0 Å². The van der Waals surface area contributed by atoms with Crippen molar-refractivity contribution in [3.8, 4) is 0 Å². The fraction of sp³-hybridized carbons (Fsp3) is 0.467. The number of hydrogen-bond donors (Lipinski definition) is 3. The molecule has 0 aliphatic carbocycles. The van der Waals surface area contributed by atoms with Crippen molar-refractivity contribution in [1.82, 2.24) is 5.32 Å². The van der Waals surface area contributed by atoms with Crippen molar-refractivity contribution in [2.75, 3.05) is 37.8 Å². The van der Waals surface area contributed by atoms with Crippen molar-refractivity contribution < 1.29 is 22.9 Å². The van der Waals surface area contributed by atoms with Gasteiger partial charge < -0.3 is 15.5 Å². The van der Waals surface area contributed by atoms with Crippen molar-refractivity contribution in [1.29, 1.82) is 0 Å². The molecule has 1 atom stereocenters. The molecule has 0 heterocycles. The van der Waals surface area contributed by atoms with E-state index in [0.717, 1.165) is 11.2 Å². The predicted molar refractivity (Wildman–Crippen MR) is 88.1 cm³/mol. The Bertz CT molecular complexity index is 658. The van der Waals surface area contributed by atoms with Gasteiger partial charge in [0.1, 0.15) is 0 Å². The molecule has 0 saturated carbocycles. The van der Waals surface area contributed by atoms with Gasteiger partial charge in [-0.05, 0) is 32.0 Å². The first kappa shape index (κ1) is 19.1. The number of hydrogen-bond acceptors (Lipinski definition) is 4. The maximum absolute atomic E-state index is 12.1. The molecule has 1 unspecified atom stereocenters. The number of carbonyl (C=O) groups is 2. The molecule has 2 amide bonds. The average Bonchev–Trinajstić information content (AvgIpc) is 2.46. The number of anilines is 1. The van der Waals surface area contributed by atoms with Crippen LogP contribution >= 0.6 is 0 Å². The molecule has 23 heavy (non-hydrogen) atoms. The second-order valence-corrected chi connectivity index (χ2v) is 7.27. The first-order chi connectivity index (χ1) is 10.8. The average molecular weight is 342 g/mol. The molecule has 1 aromatic rings. The van der Waals surface area contributed by atoms with Gasteiger partial charge in [0.05, 0.1) is 11.4 Å². The number of likely N-dealkylation sites (N-methyl/N-ethyl adjacent to an activating group) is 2. The minimum atomic E-state index is -3.32. The number of amides is 2. The normalized spacial score (nSPS) is 12.5. The quantitative estimate of drug-likeness (QED) is 0.569. The Balaban J connectivity index is 2.67. The molecule has 0 aliphatic rings. The second kappa shape index (κ2) is 8.64. The Kier molecular flexibility index (Phi) is 7.18. The molecule has 0 spiro atoms. The van der Waals surface area contributed by atoms with Crippen LogP contribution in [0.5, 0.6) is 0 Å². The first-order valence-electron chi connectivity index (χ1n) is 7.46. The van der Waals surface area contributed by atoms with Crippen LogP contribution in [0.4, 0.5) is 5.69 Å². The van der Waals surface area contributed by atoms with Crippen LogP contribution in [0.1, 0.15) is 13.8 Å². The smallest absolute Gasteiger partial charge is 0.279 e. The molecule has 0 fully saturated rings. The summed E-state index contributed by atoms with van der Waals surface area (Å²) in [7, 11) is -3.32. The molecule has 0 aromatic heterocycles. The lowest BCUT2D eigenvalue weighted by atomic mass is 10.3. The van der Waals surface area contributed by atoms with E-state index in [1.165, 1.54) is 12.1 Å². The van der Waals surface area contributed by atoms with E-state index in [1.54, 1.807) is 12.1 Å². The van der Waals surface area contributed by atoms with Crippen molar-refractivity contribution >= 4 is 27.3 Å². The minimum absolute atomic E-state index is 0.101. The van der Waals surface area contributed by atoms with E-state index < -0.39 is 9.84 Å². The highest BCUT2D eigenvalue weighted by Gasteiger charge is 2.16. The SMILES string of the molecule is CCNC(=O)C[NH+](CC)CC(=O)Nc1cccc(S(C)(=O)=O)c1. The monoisotopic (exact) mass is 342 g/mol. The van der Waals surface area contributed by atoms with Crippen LogP contribution < -0.4 is 15.5 Å². The van der Waals surface area contributed by atoms with Crippen LogP contribution in [0.25, 0.3) is 0 Å². The summed E-state index contributed by atoms with van der Waals surface area (Å²) in [4.78, 5) is 24.6. The Morgan fingerprint density at radius 1 is 1.13 bits per heavy atom. The summed E-state index contributed by atoms with van der Waals surface area (Å²) in [6.07, 6.45) is 1.11. The van der Waals surface area contributed by atoms with E-state index in [9.17, 15) is 18.0 Å². The number of benzene rings is 1. The highest BCUT2D eigenvalue weighted by molar-refractivity contribution is 7.90. The largest absolute Gasteiger partial charge is 0.351 e. The Hall–Kier alpha value is -1.93. The van der Waals surface area contributed by atoms with Crippen LogP contribution in [0.3, 0.4) is 0 Å². The van der Waals surface area contributed by atoms with Gasteiger partial charge in [-0.2, -0.15) is 0 Å². The highest BCUT2D eigenvalue weighted by atomic mass is 32.2. The van der Waals surface area contributed by atoms with Gasteiger partial charge in [0.15, 0.2) is 22.9 Å². The lowest BCUT2D eigenvalue weighted by Gasteiger charge is -2.16. The van der Waals surface area contributed by atoms with E-state index >= 15 is 0 Å². The molecule has 1 aromatic carbocycles. The summed E-state index contributed by atoms with van der Waals surface area (Å²) in [6, 6.07) is 6.10. The number of carbonyl (C=O) groups excluding carboxylic acids is 2. The second-order valence-electron chi connectivity index (χ2n) is 5.26. The van der Waals surface area contributed by atoms with E-state index in [1.807, 2.05) is 13.8 Å². The number of rotatable bonds is 8. The van der Waals surface area contributed by atoms with E-state index in [-0.39, 0.29) is 29.8 Å². The number of quaternary nitrogens is 1. The lowest BCUT2D eigenvalue weighted by molar-refractivity contribution is -0.881. The fourth-order valence-electron chi connectivity index (χ4n) is 2.04.